The van der Waals surface area contributed by atoms with E-state index < -0.39 is 5.91 Å². The summed E-state index contributed by atoms with van der Waals surface area (Å²) in [6, 6.07) is 10.8. The molecule has 0 spiro atoms. The number of nitrogens with one attached hydrogen (secondary N) is 2. The third-order valence-electron chi connectivity index (χ3n) is 3.99. The van der Waals surface area contributed by atoms with Gasteiger partial charge in [0.25, 0.3) is 5.91 Å². The number of benzene rings is 2. The fourth-order valence-corrected chi connectivity index (χ4v) is 2.40. The number of hydrazone groups is 1. The first kappa shape index (κ1) is 17.5. The van der Waals surface area contributed by atoms with Gasteiger partial charge in [-0.3, -0.25) is 9.59 Å². The third-order valence-corrected chi connectivity index (χ3v) is 3.99. The Kier molecular flexibility index (Phi) is 4.88. The van der Waals surface area contributed by atoms with Gasteiger partial charge in [0.1, 0.15) is 11.5 Å². The van der Waals surface area contributed by atoms with Crippen LogP contribution in [-0.2, 0) is 4.79 Å². The second-order valence-corrected chi connectivity index (χ2v) is 6.22. The maximum Gasteiger partial charge on any atom is 0.271 e. The van der Waals surface area contributed by atoms with E-state index in [1.165, 1.54) is 12.1 Å². The molecule has 1 aliphatic rings. The maximum atomic E-state index is 12.1. The molecule has 0 saturated heterocycles. The van der Waals surface area contributed by atoms with Gasteiger partial charge in [0.15, 0.2) is 0 Å². The normalized spacial score (nSPS) is 14.0. The van der Waals surface area contributed by atoms with E-state index in [0.29, 0.717) is 11.4 Å². The van der Waals surface area contributed by atoms with E-state index in [2.05, 4.69) is 15.8 Å². The van der Waals surface area contributed by atoms with E-state index in [1.807, 2.05) is 6.07 Å². The van der Waals surface area contributed by atoms with Crippen LogP contribution in [-0.4, -0.2) is 27.7 Å². The van der Waals surface area contributed by atoms with Crippen molar-refractivity contribution in [3.63, 3.8) is 0 Å². The predicted molar refractivity (Wildman–Crippen MR) is 97.2 cm³/mol. The monoisotopic (exact) mass is 353 g/mol. The number of hydrogen-bond acceptors (Lipinski definition) is 5. The van der Waals surface area contributed by atoms with E-state index in [9.17, 15) is 19.8 Å². The molecule has 134 valence electrons. The summed E-state index contributed by atoms with van der Waals surface area (Å²) in [7, 11) is 0. The molecule has 1 saturated carbocycles. The van der Waals surface area contributed by atoms with Crippen LogP contribution in [0.1, 0.15) is 35.7 Å². The van der Waals surface area contributed by atoms with Crippen LogP contribution in [0.2, 0.25) is 0 Å². The van der Waals surface area contributed by atoms with E-state index in [1.54, 1.807) is 25.1 Å². The quantitative estimate of drug-likeness (QED) is 0.489. The minimum Gasteiger partial charge on any atom is -0.508 e. The average molecular weight is 353 g/mol. The molecule has 0 bridgehead atoms. The summed E-state index contributed by atoms with van der Waals surface area (Å²) in [5.74, 6) is -0.848. The second-order valence-electron chi connectivity index (χ2n) is 6.22. The first-order chi connectivity index (χ1) is 12.4. The Hall–Kier alpha value is -3.35. The Balaban J connectivity index is 1.68. The highest BCUT2D eigenvalue weighted by atomic mass is 16.3. The molecule has 3 rings (SSSR count). The molecule has 4 N–H and O–H groups in total. The number of phenols is 2. The van der Waals surface area contributed by atoms with Crippen LogP contribution in [0.4, 0.5) is 5.69 Å². The van der Waals surface area contributed by atoms with Crippen LogP contribution >= 0.6 is 0 Å². The van der Waals surface area contributed by atoms with Crippen molar-refractivity contribution >= 4 is 23.2 Å². The van der Waals surface area contributed by atoms with Crippen molar-refractivity contribution in [2.45, 2.75) is 19.8 Å². The van der Waals surface area contributed by atoms with Crippen LogP contribution < -0.4 is 10.7 Å². The topological polar surface area (TPSA) is 111 Å². The van der Waals surface area contributed by atoms with E-state index in [4.69, 9.17) is 0 Å². The van der Waals surface area contributed by atoms with Crippen molar-refractivity contribution in [3.8, 4) is 11.5 Å². The molecule has 2 aromatic carbocycles. The molecule has 0 aliphatic heterocycles. The first-order valence-corrected chi connectivity index (χ1v) is 8.21. The smallest absolute Gasteiger partial charge is 0.271 e. The van der Waals surface area contributed by atoms with Gasteiger partial charge in [-0.1, -0.05) is 12.1 Å². The lowest BCUT2D eigenvalue weighted by Crippen LogP contribution is -2.19. The van der Waals surface area contributed by atoms with Gasteiger partial charge in [-0.25, -0.2) is 5.43 Å². The number of rotatable bonds is 5. The van der Waals surface area contributed by atoms with E-state index in [0.717, 1.165) is 24.5 Å². The number of nitrogens with zero attached hydrogens (tertiary/aromatic N) is 1. The lowest BCUT2D eigenvalue weighted by Gasteiger charge is -2.07. The molecule has 2 aromatic rings. The Morgan fingerprint density at radius 2 is 1.73 bits per heavy atom. The van der Waals surface area contributed by atoms with Crippen LogP contribution in [0.5, 0.6) is 11.5 Å². The maximum absolute atomic E-state index is 12.1. The lowest BCUT2D eigenvalue weighted by molar-refractivity contribution is -0.117. The summed E-state index contributed by atoms with van der Waals surface area (Å²) >= 11 is 0. The standard InChI is InChI=1S/C19H19N3O4/c1-11(21-22-19(26)14-8-16(23)10-17(24)9-14)13-3-2-4-15(7-13)20-18(25)12-5-6-12/h2-4,7-10,12,23-24H,5-6H2,1H3,(H,20,25)(H,22,26)/b21-11-. The molecule has 0 unspecified atom stereocenters. The van der Waals surface area contributed by atoms with Crippen LogP contribution in [0.3, 0.4) is 0 Å². The van der Waals surface area contributed by atoms with Gasteiger partial charge in [0.05, 0.1) is 5.71 Å². The summed E-state index contributed by atoms with van der Waals surface area (Å²) in [4.78, 5) is 23.9. The number of aromatic hydroxyl groups is 2. The zero-order valence-electron chi connectivity index (χ0n) is 14.2. The summed E-state index contributed by atoms with van der Waals surface area (Å²) in [6.45, 7) is 1.72. The van der Waals surface area contributed by atoms with Gasteiger partial charge in [-0.05, 0) is 49.6 Å². The number of anilines is 1. The molecule has 0 aromatic heterocycles. The summed E-state index contributed by atoms with van der Waals surface area (Å²) < 4.78 is 0. The number of carbonyl (C=O) groups excluding carboxylic acids is 2. The van der Waals surface area contributed by atoms with Gasteiger partial charge < -0.3 is 15.5 Å². The highest BCUT2D eigenvalue weighted by molar-refractivity contribution is 6.02. The highest BCUT2D eigenvalue weighted by Crippen LogP contribution is 2.30. The van der Waals surface area contributed by atoms with Crippen molar-refractivity contribution in [2.75, 3.05) is 5.32 Å². The largest absolute Gasteiger partial charge is 0.508 e. The number of amides is 2. The van der Waals surface area contributed by atoms with Crippen LogP contribution in [0.15, 0.2) is 47.6 Å². The van der Waals surface area contributed by atoms with Gasteiger partial charge in [-0.2, -0.15) is 5.10 Å². The van der Waals surface area contributed by atoms with Crippen molar-refractivity contribution < 1.29 is 19.8 Å². The van der Waals surface area contributed by atoms with E-state index >= 15 is 0 Å². The molecule has 0 atom stereocenters. The Morgan fingerprint density at radius 3 is 2.38 bits per heavy atom. The number of carbonyl (C=O) groups is 2. The molecule has 0 heterocycles. The first-order valence-electron chi connectivity index (χ1n) is 8.21. The Morgan fingerprint density at radius 1 is 1.04 bits per heavy atom. The molecule has 0 radical (unpaired) electrons. The second kappa shape index (κ2) is 7.26. The average Bonchev–Trinajstić information content (AvgIpc) is 3.44. The SMILES string of the molecule is C/C(=N/NC(=O)c1cc(O)cc(O)c1)c1cccc(NC(=O)C2CC2)c1. The molecule has 7 nitrogen and oxygen atoms in total. The van der Waals surface area contributed by atoms with Crippen LogP contribution in [0.25, 0.3) is 0 Å². The van der Waals surface area contributed by atoms with Gasteiger partial charge >= 0.3 is 0 Å². The molecule has 26 heavy (non-hydrogen) atoms. The van der Waals surface area contributed by atoms with Crippen molar-refractivity contribution in [2.24, 2.45) is 11.0 Å². The fraction of sp³-hybridized carbons (Fsp3) is 0.211. The highest BCUT2D eigenvalue weighted by Gasteiger charge is 2.29. The molecular formula is C19H19N3O4. The third kappa shape index (κ3) is 4.38. The molecule has 1 fully saturated rings. The van der Waals surface area contributed by atoms with Gasteiger partial charge in [0, 0.05) is 23.2 Å². The molecular weight excluding hydrogens is 334 g/mol. The zero-order chi connectivity index (χ0) is 18.7. The summed E-state index contributed by atoms with van der Waals surface area (Å²) in [5.41, 5.74) is 4.44. The van der Waals surface area contributed by atoms with Crippen LogP contribution in [0, 0.1) is 5.92 Å². The molecule has 7 heteroatoms. The van der Waals surface area contributed by atoms with Gasteiger partial charge in [-0.15, -0.1) is 0 Å². The van der Waals surface area contributed by atoms with Crippen molar-refractivity contribution in [3.05, 3.63) is 53.6 Å². The minimum atomic E-state index is -0.561. The van der Waals surface area contributed by atoms with Crippen molar-refractivity contribution in [1.82, 2.24) is 5.43 Å². The summed E-state index contributed by atoms with van der Waals surface area (Å²) in [6.07, 6.45) is 1.87. The summed E-state index contributed by atoms with van der Waals surface area (Å²) in [5, 5.41) is 25.8. The fourth-order valence-electron chi connectivity index (χ4n) is 2.40. The zero-order valence-corrected chi connectivity index (χ0v) is 14.2. The molecule has 2 amide bonds. The Labute approximate surface area is 150 Å². The Bertz CT molecular complexity index is 868. The molecule has 1 aliphatic carbocycles. The van der Waals surface area contributed by atoms with E-state index in [-0.39, 0.29) is 28.9 Å². The van der Waals surface area contributed by atoms with Gasteiger partial charge in [0.2, 0.25) is 5.91 Å². The lowest BCUT2D eigenvalue weighted by atomic mass is 10.1. The number of hydrogen-bond donors (Lipinski definition) is 4. The minimum absolute atomic E-state index is 0.0220. The predicted octanol–water partition coefficient (Wildman–Crippen LogP) is 2.60. The number of phenolic OH excluding ortho intramolecular Hbond substituents is 2. The van der Waals surface area contributed by atoms with Crippen molar-refractivity contribution in [1.29, 1.82) is 0 Å².